The van der Waals surface area contributed by atoms with Gasteiger partial charge in [-0.1, -0.05) is 0 Å². The Balaban J connectivity index is 1.18. The number of nitrogens with one attached hydrogen (secondary N) is 2. The standard InChI is InChI=1S/C27H26F3N9O2/c1-37-19-12-31-21(7-17(19)26(25(37)41)8-14(9-26)10-32-24(40)15-3-4-15)34-20-6-5-18-23(35-20)22(36-38(18)2)16-11-33-39(13-16)27(28,29)30/h5-7,11-15H,3-4,8-10H2,1-2H3,(H,32,40)(H,31,34,35)/i1D3. The van der Waals surface area contributed by atoms with E-state index in [2.05, 4.69) is 30.8 Å². The Morgan fingerprint density at radius 2 is 2.02 bits per heavy atom. The summed E-state index contributed by atoms with van der Waals surface area (Å²) in [5.41, 5.74) is 0.922. The number of aryl methyl sites for hydroxylation is 1. The van der Waals surface area contributed by atoms with Gasteiger partial charge >= 0.3 is 6.30 Å². The summed E-state index contributed by atoms with van der Waals surface area (Å²) in [6, 6.07) is 5.00. The molecule has 0 aromatic carbocycles. The van der Waals surface area contributed by atoms with Gasteiger partial charge in [0.2, 0.25) is 11.8 Å². The van der Waals surface area contributed by atoms with E-state index in [1.54, 1.807) is 25.2 Å². The van der Waals surface area contributed by atoms with Crippen LogP contribution in [0, 0.1) is 11.8 Å². The molecule has 0 radical (unpaired) electrons. The number of fused-ring (bicyclic) bond motifs is 3. The second-order valence-corrected chi connectivity index (χ2v) is 10.9. The lowest BCUT2D eigenvalue weighted by Gasteiger charge is -2.44. The maximum Gasteiger partial charge on any atom is 0.504 e. The number of halogens is 3. The summed E-state index contributed by atoms with van der Waals surface area (Å²) in [5.74, 6) is 0.190. The van der Waals surface area contributed by atoms with Crippen LogP contribution < -0.4 is 15.5 Å². The zero-order chi connectivity index (χ0) is 31.2. The van der Waals surface area contributed by atoms with Crippen LogP contribution in [0.25, 0.3) is 22.3 Å². The van der Waals surface area contributed by atoms with Gasteiger partial charge in [0.25, 0.3) is 0 Å². The van der Waals surface area contributed by atoms with Crippen LogP contribution >= 0.6 is 0 Å². The maximum absolute atomic E-state index is 13.6. The molecular weight excluding hydrogens is 539 g/mol. The van der Waals surface area contributed by atoms with Crippen molar-refractivity contribution in [2.24, 2.45) is 18.9 Å². The van der Waals surface area contributed by atoms with Crippen molar-refractivity contribution in [3.8, 4) is 11.3 Å². The number of likely N-dealkylation sites (N-methyl/N-ethyl adjacent to an activating group) is 1. The molecule has 2 fully saturated rings. The largest absolute Gasteiger partial charge is 0.504 e. The van der Waals surface area contributed by atoms with Gasteiger partial charge in [-0.3, -0.25) is 14.3 Å². The molecule has 5 heterocycles. The van der Waals surface area contributed by atoms with E-state index in [1.165, 1.54) is 10.9 Å². The Bertz CT molecular complexity index is 1820. The van der Waals surface area contributed by atoms with Crippen molar-refractivity contribution in [2.45, 2.75) is 37.4 Å². The van der Waals surface area contributed by atoms with E-state index >= 15 is 0 Å². The Labute approximate surface area is 236 Å². The molecule has 3 aliphatic rings. The van der Waals surface area contributed by atoms with Crippen molar-refractivity contribution in [3.05, 3.63) is 42.4 Å². The second kappa shape index (κ2) is 8.75. The van der Waals surface area contributed by atoms with E-state index in [9.17, 15) is 22.8 Å². The summed E-state index contributed by atoms with van der Waals surface area (Å²) in [6.45, 7) is -2.29. The number of amides is 2. The third-order valence-electron chi connectivity index (χ3n) is 8.11. The highest BCUT2D eigenvalue weighted by Crippen LogP contribution is 2.55. The molecule has 41 heavy (non-hydrogen) atoms. The van der Waals surface area contributed by atoms with Crippen molar-refractivity contribution >= 4 is 40.2 Å². The summed E-state index contributed by atoms with van der Waals surface area (Å²) in [7, 11) is 1.65. The van der Waals surface area contributed by atoms with Crippen LogP contribution in [0.3, 0.4) is 0 Å². The molecule has 0 bridgehead atoms. The summed E-state index contributed by atoms with van der Waals surface area (Å²) in [5, 5.41) is 13.8. The van der Waals surface area contributed by atoms with E-state index < -0.39 is 24.6 Å². The number of alkyl halides is 3. The van der Waals surface area contributed by atoms with Gasteiger partial charge in [-0.2, -0.15) is 14.9 Å². The summed E-state index contributed by atoms with van der Waals surface area (Å²) < 4.78 is 64.8. The second-order valence-electron chi connectivity index (χ2n) is 10.9. The average Bonchev–Trinajstić information content (AvgIpc) is 3.47. The van der Waals surface area contributed by atoms with Crippen LogP contribution in [-0.4, -0.2) is 54.9 Å². The summed E-state index contributed by atoms with van der Waals surface area (Å²) >= 11 is 0. The molecule has 4 aromatic rings. The van der Waals surface area contributed by atoms with Gasteiger partial charge in [-0.05, 0) is 55.4 Å². The lowest BCUT2D eigenvalue weighted by atomic mass is 9.59. The first kappa shape index (κ1) is 22.2. The normalized spacial score (nSPS) is 23.2. The predicted octanol–water partition coefficient (Wildman–Crippen LogP) is 3.60. The first-order valence-electron chi connectivity index (χ1n) is 14.6. The molecule has 1 aliphatic heterocycles. The fourth-order valence-corrected chi connectivity index (χ4v) is 5.83. The molecule has 0 atom stereocenters. The van der Waals surface area contributed by atoms with Crippen LogP contribution in [0.2, 0.25) is 0 Å². The van der Waals surface area contributed by atoms with Gasteiger partial charge in [-0.25, -0.2) is 9.97 Å². The van der Waals surface area contributed by atoms with Crippen LogP contribution in [0.15, 0.2) is 36.8 Å². The zero-order valence-electron chi connectivity index (χ0n) is 24.7. The number of aromatic nitrogens is 6. The van der Waals surface area contributed by atoms with E-state index in [4.69, 9.17) is 4.11 Å². The molecule has 7 rings (SSSR count). The van der Waals surface area contributed by atoms with Crippen LogP contribution in [0.1, 0.15) is 35.4 Å². The lowest BCUT2D eigenvalue weighted by Crippen LogP contribution is -2.51. The molecule has 2 amide bonds. The predicted molar refractivity (Wildman–Crippen MR) is 142 cm³/mol. The molecule has 4 aromatic heterocycles. The Kier molecular flexibility index (Phi) is 4.75. The van der Waals surface area contributed by atoms with Gasteiger partial charge < -0.3 is 15.5 Å². The minimum Gasteiger partial charge on any atom is -0.356 e. The molecule has 2 N–H and O–H groups in total. The van der Waals surface area contributed by atoms with Crippen molar-refractivity contribution in [2.75, 3.05) is 23.7 Å². The smallest absolute Gasteiger partial charge is 0.356 e. The Morgan fingerprint density at radius 3 is 2.73 bits per heavy atom. The SMILES string of the molecule is [2H]C([2H])([2H])N1C(=O)C2(CC(CNC(=O)C3CC3)C2)c2cc(Nc3ccc4c(n3)c(-c3cnn(C(F)(F)F)c3)nn4C)ncc21. The number of carbonyl (C=O) groups is 2. The monoisotopic (exact) mass is 568 g/mol. The van der Waals surface area contributed by atoms with Crippen LogP contribution in [-0.2, 0) is 28.4 Å². The maximum atomic E-state index is 13.6. The van der Waals surface area contributed by atoms with Gasteiger partial charge in [-0.15, -0.1) is 13.2 Å². The van der Waals surface area contributed by atoms with E-state index in [0.717, 1.165) is 30.1 Å². The van der Waals surface area contributed by atoms with Gasteiger partial charge in [0.05, 0.1) is 29.0 Å². The molecule has 0 unspecified atom stereocenters. The summed E-state index contributed by atoms with van der Waals surface area (Å²) in [6.07, 6.45) is 1.10. The number of nitrogens with zero attached hydrogens (tertiary/aromatic N) is 7. The minimum absolute atomic E-state index is 0.0133. The molecule has 14 heteroatoms. The number of anilines is 3. The Morgan fingerprint density at radius 1 is 1.22 bits per heavy atom. The fraction of sp³-hybridized carbons (Fsp3) is 0.407. The highest BCUT2D eigenvalue weighted by molar-refractivity contribution is 6.08. The number of hydrogen-bond acceptors (Lipinski definition) is 7. The van der Waals surface area contributed by atoms with Crippen LogP contribution in [0.4, 0.5) is 30.5 Å². The first-order valence-corrected chi connectivity index (χ1v) is 13.1. The van der Waals surface area contributed by atoms with Crippen molar-refractivity contribution in [1.29, 1.82) is 0 Å². The van der Waals surface area contributed by atoms with E-state index in [0.29, 0.717) is 47.6 Å². The van der Waals surface area contributed by atoms with Crippen molar-refractivity contribution in [1.82, 2.24) is 34.8 Å². The first-order chi connectivity index (χ1) is 20.7. The van der Waals surface area contributed by atoms with Gasteiger partial charge in [0.15, 0.2) is 0 Å². The Hall–Kier alpha value is -4.49. The molecule has 212 valence electrons. The average molecular weight is 569 g/mol. The summed E-state index contributed by atoms with van der Waals surface area (Å²) in [4.78, 5) is 35.5. The molecule has 1 spiro atoms. The van der Waals surface area contributed by atoms with Gasteiger partial charge in [0, 0.05) is 42.4 Å². The molecule has 2 aliphatic carbocycles. The molecule has 2 saturated carbocycles. The lowest BCUT2D eigenvalue weighted by molar-refractivity contribution is -0.212. The minimum atomic E-state index is -4.68. The van der Waals surface area contributed by atoms with Gasteiger partial charge in [0.1, 0.15) is 22.8 Å². The quantitative estimate of drug-likeness (QED) is 0.364. The highest BCUT2D eigenvalue weighted by atomic mass is 19.4. The topological polar surface area (TPSA) is 123 Å². The van der Waals surface area contributed by atoms with Crippen molar-refractivity contribution < 1.29 is 26.9 Å². The number of rotatable bonds is 6. The highest BCUT2D eigenvalue weighted by Gasteiger charge is 2.57. The number of hydrogen-bond donors (Lipinski definition) is 2. The third kappa shape index (κ3) is 4.11. The van der Waals surface area contributed by atoms with Crippen LogP contribution in [0.5, 0.6) is 0 Å². The molecule has 0 saturated heterocycles. The fourth-order valence-electron chi connectivity index (χ4n) is 5.83. The zero-order valence-corrected chi connectivity index (χ0v) is 21.7. The number of carbonyl (C=O) groups excluding carboxylic acids is 2. The molecular formula is C27H26F3N9O2. The molecule has 11 nitrogen and oxygen atoms in total. The van der Waals surface area contributed by atoms with E-state index in [1.807, 2.05) is 0 Å². The third-order valence-corrected chi connectivity index (χ3v) is 8.11. The van der Waals surface area contributed by atoms with E-state index in [-0.39, 0.29) is 39.4 Å². The number of pyridine rings is 2. The van der Waals surface area contributed by atoms with Crippen molar-refractivity contribution in [3.63, 3.8) is 0 Å².